The van der Waals surface area contributed by atoms with Gasteiger partial charge in [-0.25, -0.2) is 0 Å². The Labute approximate surface area is 109 Å². The maximum atomic E-state index is 11.7. The predicted octanol–water partition coefficient (Wildman–Crippen LogP) is -0.395. The number of carbonyl (C=O) groups excluding carboxylic acids is 1. The third-order valence-corrected chi connectivity index (χ3v) is 4.58. The quantitative estimate of drug-likeness (QED) is 0.700. The first-order chi connectivity index (χ1) is 8.47. The van der Waals surface area contributed by atoms with E-state index in [2.05, 4.69) is 23.8 Å². The summed E-state index contributed by atoms with van der Waals surface area (Å²) in [4.78, 5) is 16.4. The normalized spacial score (nSPS) is 30.1. The molecule has 4 N–H and O–H groups in total. The molecule has 5 heteroatoms. The van der Waals surface area contributed by atoms with Crippen molar-refractivity contribution in [3.05, 3.63) is 0 Å². The highest BCUT2D eigenvalue weighted by atomic mass is 16.1. The summed E-state index contributed by atoms with van der Waals surface area (Å²) in [6.07, 6.45) is 3.22. The summed E-state index contributed by atoms with van der Waals surface area (Å²) in [5.74, 6) is -0.0355. The molecule has 0 aromatic heterocycles. The molecular formula is C13H26N4O. The molecule has 0 aromatic rings. The lowest BCUT2D eigenvalue weighted by Crippen LogP contribution is -2.63. The van der Waals surface area contributed by atoms with Gasteiger partial charge in [0, 0.05) is 32.2 Å². The maximum Gasteiger partial charge on any atom is 0.239 e. The minimum atomic E-state index is -0.811. The van der Waals surface area contributed by atoms with E-state index in [1.165, 1.54) is 0 Å². The minimum absolute atomic E-state index is 0.301. The van der Waals surface area contributed by atoms with Crippen molar-refractivity contribution >= 4 is 5.91 Å². The number of likely N-dealkylation sites (N-methyl/N-ethyl adjacent to an activating group) is 1. The van der Waals surface area contributed by atoms with Crippen molar-refractivity contribution in [3.8, 4) is 0 Å². The van der Waals surface area contributed by atoms with E-state index in [1.54, 1.807) is 0 Å². The van der Waals surface area contributed by atoms with Gasteiger partial charge in [-0.1, -0.05) is 6.92 Å². The topological polar surface area (TPSA) is 75.6 Å². The molecule has 2 rings (SSSR count). The number of hydrogen-bond acceptors (Lipinski definition) is 4. The third kappa shape index (κ3) is 2.68. The molecule has 0 bridgehead atoms. The zero-order chi connectivity index (χ0) is 13.3. The zero-order valence-corrected chi connectivity index (χ0v) is 11.6. The number of primary amides is 1. The lowest BCUT2D eigenvalue weighted by Gasteiger charge is -2.42. The van der Waals surface area contributed by atoms with Crippen molar-refractivity contribution in [2.75, 3.05) is 33.2 Å². The number of hydrogen-bond donors (Lipinski definition) is 2. The number of piperazine rings is 1. The average molecular weight is 254 g/mol. The molecule has 2 unspecified atom stereocenters. The van der Waals surface area contributed by atoms with Crippen molar-refractivity contribution in [1.82, 2.24) is 9.80 Å². The second kappa shape index (κ2) is 5.15. The molecule has 18 heavy (non-hydrogen) atoms. The van der Waals surface area contributed by atoms with Crippen LogP contribution in [0.25, 0.3) is 0 Å². The number of rotatable bonds is 5. The molecule has 0 spiro atoms. The molecule has 1 saturated carbocycles. The van der Waals surface area contributed by atoms with Crippen LogP contribution in [-0.2, 0) is 4.79 Å². The van der Waals surface area contributed by atoms with Crippen LogP contribution in [-0.4, -0.2) is 60.5 Å². The van der Waals surface area contributed by atoms with E-state index in [0.717, 1.165) is 38.9 Å². The first-order valence-electron chi connectivity index (χ1n) is 6.98. The molecule has 0 aromatic carbocycles. The van der Waals surface area contributed by atoms with Gasteiger partial charge in [0.25, 0.3) is 0 Å². The van der Waals surface area contributed by atoms with Crippen molar-refractivity contribution in [1.29, 1.82) is 0 Å². The van der Waals surface area contributed by atoms with E-state index < -0.39 is 5.54 Å². The van der Waals surface area contributed by atoms with Crippen molar-refractivity contribution in [2.24, 2.45) is 17.4 Å². The highest BCUT2D eigenvalue weighted by molar-refractivity contribution is 5.85. The standard InChI is InChI=1S/C13H26N4O/c1-3-11-8-17(7-6-16(11)2)9-13(15,12(14)18)10-4-5-10/h10-11H,3-9,15H2,1-2H3,(H2,14,18). The summed E-state index contributed by atoms with van der Waals surface area (Å²) in [7, 11) is 2.16. The summed E-state index contributed by atoms with van der Waals surface area (Å²) in [6.45, 7) is 5.84. The summed E-state index contributed by atoms with van der Waals surface area (Å²) in [5.41, 5.74) is 11.0. The molecule has 1 aliphatic carbocycles. The van der Waals surface area contributed by atoms with E-state index in [4.69, 9.17) is 11.5 Å². The van der Waals surface area contributed by atoms with Crippen LogP contribution in [0.3, 0.4) is 0 Å². The molecule has 1 amide bonds. The van der Waals surface area contributed by atoms with Crippen LogP contribution in [0.1, 0.15) is 26.2 Å². The van der Waals surface area contributed by atoms with E-state index in [0.29, 0.717) is 18.5 Å². The van der Waals surface area contributed by atoms with Crippen LogP contribution in [0.15, 0.2) is 0 Å². The molecule has 1 saturated heterocycles. The number of carbonyl (C=O) groups is 1. The van der Waals surface area contributed by atoms with Gasteiger partial charge in [-0.05, 0) is 32.2 Å². The third-order valence-electron chi connectivity index (χ3n) is 4.58. The Balaban J connectivity index is 1.97. The van der Waals surface area contributed by atoms with E-state index in [-0.39, 0.29) is 5.91 Å². The Kier molecular flexibility index (Phi) is 3.94. The Morgan fingerprint density at radius 1 is 1.39 bits per heavy atom. The molecule has 2 aliphatic rings. The number of nitrogens with zero attached hydrogens (tertiary/aromatic N) is 2. The van der Waals surface area contributed by atoms with Gasteiger partial charge in [0.05, 0.1) is 0 Å². The maximum absolute atomic E-state index is 11.7. The molecule has 1 aliphatic heterocycles. The summed E-state index contributed by atoms with van der Waals surface area (Å²) >= 11 is 0. The fourth-order valence-corrected chi connectivity index (χ4v) is 2.97. The Morgan fingerprint density at radius 2 is 2.06 bits per heavy atom. The predicted molar refractivity (Wildman–Crippen MR) is 72.0 cm³/mol. The van der Waals surface area contributed by atoms with Gasteiger partial charge in [0.2, 0.25) is 5.91 Å². The first-order valence-corrected chi connectivity index (χ1v) is 6.98. The SMILES string of the molecule is CCC1CN(CC(N)(C(N)=O)C2CC2)CCN1C. The fourth-order valence-electron chi connectivity index (χ4n) is 2.97. The van der Waals surface area contributed by atoms with Gasteiger partial charge in [-0.2, -0.15) is 0 Å². The van der Waals surface area contributed by atoms with Gasteiger partial charge in [-0.3, -0.25) is 9.69 Å². The largest absolute Gasteiger partial charge is 0.368 e. The van der Waals surface area contributed by atoms with Crippen LogP contribution in [0.2, 0.25) is 0 Å². The van der Waals surface area contributed by atoms with Gasteiger partial charge >= 0.3 is 0 Å². The van der Waals surface area contributed by atoms with Crippen molar-refractivity contribution < 1.29 is 4.79 Å². The number of nitrogens with two attached hydrogens (primary N) is 2. The van der Waals surface area contributed by atoms with Crippen molar-refractivity contribution in [3.63, 3.8) is 0 Å². The molecular weight excluding hydrogens is 228 g/mol. The second-order valence-corrected chi connectivity index (χ2v) is 5.96. The Morgan fingerprint density at radius 3 is 2.56 bits per heavy atom. The van der Waals surface area contributed by atoms with Crippen LogP contribution in [0.4, 0.5) is 0 Å². The molecule has 104 valence electrons. The van der Waals surface area contributed by atoms with E-state index in [9.17, 15) is 4.79 Å². The van der Waals surface area contributed by atoms with Gasteiger partial charge in [-0.15, -0.1) is 0 Å². The lowest BCUT2D eigenvalue weighted by molar-refractivity contribution is -0.125. The molecule has 5 nitrogen and oxygen atoms in total. The van der Waals surface area contributed by atoms with Crippen LogP contribution >= 0.6 is 0 Å². The smallest absolute Gasteiger partial charge is 0.239 e. The highest BCUT2D eigenvalue weighted by Gasteiger charge is 2.48. The Hall–Kier alpha value is -0.650. The summed E-state index contributed by atoms with van der Waals surface area (Å²) in [6, 6.07) is 0.565. The molecule has 2 fully saturated rings. The molecule has 2 atom stereocenters. The Bertz CT molecular complexity index is 318. The lowest BCUT2D eigenvalue weighted by atomic mass is 9.92. The average Bonchev–Trinajstić information content (AvgIpc) is 3.15. The molecule has 0 radical (unpaired) electrons. The van der Waals surface area contributed by atoms with Gasteiger partial charge in [0.1, 0.15) is 5.54 Å². The van der Waals surface area contributed by atoms with Crippen molar-refractivity contribution in [2.45, 2.75) is 37.8 Å². The minimum Gasteiger partial charge on any atom is -0.368 e. The first kappa shape index (κ1) is 13.8. The molecule has 1 heterocycles. The van der Waals surface area contributed by atoms with Crippen LogP contribution in [0.5, 0.6) is 0 Å². The second-order valence-electron chi connectivity index (χ2n) is 5.96. The van der Waals surface area contributed by atoms with Crippen LogP contribution < -0.4 is 11.5 Å². The summed E-state index contributed by atoms with van der Waals surface area (Å²) in [5, 5.41) is 0. The van der Waals surface area contributed by atoms with Crippen LogP contribution in [0, 0.1) is 5.92 Å². The summed E-state index contributed by atoms with van der Waals surface area (Å²) < 4.78 is 0. The number of amides is 1. The van der Waals surface area contributed by atoms with E-state index >= 15 is 0 Å². The van der Waals surface area contributed by atoms with Gasteiger partial charge in [0.15, 0.2) is 0 Å². The monoisotopic (exact) mass is 254 g/mol. The zero-order valence-electron chi connectivity index (χ0n) is 11.6. The van der Waals surface area contributed by atoms with E-state index in [1.807, 2.05) is 0 Å². The fraction of sp³-hybridized carbons (Fsp3) is 0.923. The highest BCUT2D eigenvalue weighted by Crippen LogP contribution is 2.38. The van der Waals surface area contributed by atoms with Gasteiger partial charge < -0.3 is 16.4 Å².